The molecule has 6 heteroatoms. The Morgan fingerprint density at radius 1 is 1.38 bits per heavy atom. The van der Waals surface area contributed by atoms with Crippen LogP contribution in [-0.4, -0.2) is 20.0 Å². The van der Waals surface area contributed by atoms with Gasteiger partial charge in [-0.05, 0) is 37.8 Å². The highest BCUT2D eigenvalue weighted by Crippen LogP contribution is 2.21. The van der Waals surface area contributed by atoms with Crippen molar-refractivity contribution in [2.24, 2.45) is 7.05 Å². The average Bonchev–Trinajstić information content (AvgIpc) is 3.25. The van der Waals surface area contributed by atoms with Crippen LogP contribution >= 0.6 is 11.3 Å². The molecule has 3 heterocycles. The minimum Gasteiger partial charge on any atom is -0.343 e. The van der Waals surface area contributed by atoms with Crippen molar-refractivity contribution in [3.05, 3.63) is 57.4 Å². The number of hydrogen-bond acceptors (Lipinski definition) is 3. The summed E-state index contributed by atoms with van der Waals surface area (Å²) in [5.74, 6) is 0.685. The van der Waals surface area contributed by atoms with E-state index in [-0.39, 0.29) is 5.91 Å². The number of rotatable bonds is 5. The molecular formula is C18H22N4OS. The number of thiophene rings is 1. The Labute approximate surface area is 146 Å². The maximum atomic E-state index is 12.8. The van der Waals surface area contributed by atoms with Crippen molar-refractivity contribution in [1.29, 1.82) is 0 Å². The maximum Gasteiger partial charge on any atom is 0.258 e. The van der Waals surface area contributed by atoms with E-state index < -0.39 is 0 Å². The normalized spacial score (nSPS) is 11.0. The Bertz CT molecular complexity index is 858. The Balaban J connectivity index is 1.87. The number of carbonyl (C=O) groups excluding carboxylic acids is 1. The van der Waals surface area contributed by atoms with Crippen LogP contribution in [0.5, 0.6) is 0 Å². The second-order valence-electron chi connectivity index (χ2n) is 5.91. The fourth-order valence-corrected chi connectivity index (χ4v) is 3.60. The largest absolute Gasteiger partial charge is 0.343 e. The Kier molecular flexibility index (Phi) is 4.57. The lowest BCUT2D eigenvalue weighted by Gasteiger charge is -2.10. The zero-order valence-electron chi connectivity index (χ0n) is 14.5. The monoisotopic (exact) mass is 342 g/mol. The number of nitrogens with zero attached hydrogens (tertiary/aromatic N) is 3. The van der Waals surface area contributed by atoms with Crippen LogP contribution in [0.15, 0.2) is 29.9 Å². The molecular weight excluding hydrogens is 320 g/mol. The molecule has 0 saturated heterocycles. The molecule has 3 aromatic rings. The summed E-state index contributed by atoms with van der Waals surface area (Å²) in [5, 5.41) is 5.09. The van der Waals surface area contributed by atoms with E-state index in [4.69, 9.17) is 0 Å². The van der Waals surface area contributed by atoms with Crippen LogP contribution in [0.3, 0.4) is 0 Å². The third-order valence-electron chi connectivity index (χ3n) is 4.29. The summed E-state index contributed by atoms with van der Waals surface area (Å²) in [6.07, 6.45) is 2.52. The quantitative estimate of drug-likeness (QED) is 0.767. The fourth-order valence-electron chi connectivity index (χ4n) is 2.91. The number of aromatic nitrogens is 3. The second kappa shape index (κ2) is 6.65. The summed E-state index contributed by atoms with van der Waals surface area (Å²) < 4.78 is 4.03. The first-order valence-electron chi connectivity index (χ1n) is 8.02. The molecule has 3 aromatic heterocycles. The molecule has 0 unspecified atom stereocenters. The van der Waals surface area contributed by atoms with Gasteiger partial charge in [-0.25, -0.2) is 4.98 Å². The van der Waals surface area contributed by atoms with Crippen molar-refractivity contribution in [2.45, 2.75) is 33.7 Å². The Hall–Kier alpha value is -2.34. The highest BCUT2D eigenvalue weighted by atomic mass is 32.1. The summed E-state index contributed by atoms with van der Waals surface area (Å²) in [6.45, 7) is 6.87. The third-order valence-corrected chi connectivity index (χ3v) is 5.15. The van der Waals surface area contributed by atoms with Crippen LogP contribution in [0.25, 0.3) is 0 Å². The van der Waals surface area contributed by atoms with Gasteiger partial charge in [0, 0.05) is 23.3 Å². The van der Waals surface area contributed by atoms with Crippen LogP contribution in [0.2, 0.25) is 0 Å². The number of carbonyl (C=O) groups is 1. The fraction of sp³-hybridized carbons (Fsp3) is 0.333. The minimum absolute atomic E-state index is 0.0844. The van der Waals surface area contributed by atoms with Crippen molar-refractivity contribution < 1.29 is 4.79 Å². The van der Waals surface area contributed by atoms with E-state index in [0.29, 0.717) is 5.56 Å². The lowest BCUT2D eigenvalue weighted by molar-refractivity contribution is 0.102. The van der Waals surface area contributed by atoms with Gasteiger partial charge in [0.25, 0.3) is 5.91 Å². The highest BCUT2D eigenvalue weighted by molar-refractivity contribution is 7.09. The van der Waals surface area contributed by atoms with E-state index in [2.05, 4.69) is 32.4 Å². The second-order valence-corrected chi connectivity index (χ2v) is 6.94. The molecule has 0 spiro atoms. The van der Waals surface area contributed by atoms with Gasteiger partial charge >= 0.3 is 0 Å². The first-order chi connectivity index (χ1) is 11.5. The number of imidazole rings is 1. The molecule has 0 saturated carbocycles. The first-order valence-corrected chi connectivity index (χ1v) is 8.89. The van der Waals surface area contributed by atoms with Crippen LogP contribution in [0, 0.1) is 13.8 Å². The molecule has 0 bridgehead atoms. The van der Waals surface area contributed by atoms with Crippen molar-refractivity contribution in [1.82, 2.24) is 14.1 Å². The standard InChI is InChI=1S/C18H22N4OS/c1-5-16-17(21(4)11-19-16)20-18(23)15-9-12(2)22(13(15)3)10-14-7-6-8-24-14/h6-9,11H,5,10H2,1-4H3,(H,20,23). The Morgan fingerprint density at radius 3 is 2.83 bits per heavy atom. The molecule has 0 aliphatic rings. The number of anilines is 1. The highest BCUT2D eigenvalue weighted by Gasteiger charge is 2.18. The minimum atomic E-state index is -0.0844. The maximum absolute atomic E-state index is 12.8. The summed E-state index contributed by atoms with van der Waals surface area (Å²) >= 11 is 1.73. The van der Waals surface area contributed by atoms with Crippen LogP contribution in [0.4, 0.5) is 5.82 Å². The van der Waals surface area contributed by atoms with Crippen LogP contribution in [-0.2, 0) is 20.0 Å². The van der Waals surface area contributed by atoms with E-state index in [9.17, 15) is 4.79 Å². The van der Waals surface area contributed by atoms with E-state index in [1.165, 1.54) is 4.88 Å². The molecule has 0 aliphatic heterocycles. The molecule has 0 aromatic carbocycles. The molecule has 0 aliphatic carbocycles. The lowest BCUT2D eigenvalue weighted by atomic mass is 10.2. The lowest BCUT2D eigenvalue weighted by Crippen LogP contribution is -2.16. The van der Waals surface area contributed by atoms with E-state index in [0.717, 1.165) is 35.9 Å². The van der Waals surface area contributed by atoms with Crippen LogP contribution < -0.4 is 5.32 Å². The number of nitrogens with one attached hydrogen (secondary N) is 1. The molecule has 1 N–H and O–H groups in total. The summed E-state index contributed by atoms with van der Waals surface area (Å²) in [4.78, 5) is 18.4. The summed E-state index contributed by atoms with van der Waals surface area (Å²) in [6, 6.07) is 6.13. The van der Waals surface area contributed by atoms with Gasteiger partial charge in [0.1, 0.15) is 5.82 Å². The molecule has 5 nitrogen and oxygen atoms in total. The summed E-state index contributed by atoms with van der Waals surface area (Å²) in [7, 11) is 1.89. The van der Waals surface area contributed by atoms with Crippen molar-refractivity contribution in [3.63, 3.8) is 0 Å². The molecule has 24 heavy (non-hydrogen) atoms. The first kappa shape index (κ1) is 16.5. The number of aryl methyl sites for hydroxylation is 3. The van der Waals surface area contributed by atoms with Gasteiger partial charge in [0.05, 0.1) is 24.1 Å². The van der Waals surface area contributed by atoms with Crippen LogP contribution in [0.1, 0.15) is 39.2 Å². The van der Waals surface area contributed by atoms with Gasteiger partial charge in [0.15, 0.2) is 0 Å². The third kappa shape index (κ3) is 3.01. The van der Waals surface area contributed by atoms with E-state index in [1.54, 1.807) is 17.7 Å². The van der Waals surface area contributed by atoms with Gasteiger partial charge in [-0.1, -0.05) is 13.0 Å². The smallest absolute Gasteiger partial charge is 0.258 e. The van der Waals surface area contributed by atoms with E-state index >= 15 is 0 Å². The molecule has 0 radical (unpaired) electrons. The molecule has 3 rings (SSSR count). The van der Waals surface area contributed by atoms with Crippen molar-refractivity contribution in [3.8, 4) is 0 Å². The van der Waals surface area contributed by atoms with Crippen molar-refractivity contribution >= 4 is 23.1 Å². The molecule has 1 amide bonds. The zero-order valence-corrected chi connectivity index (χ0v) is 15.3. The zero-order chi connectivity index (χ0) is 17.3. The van der Waals surface area contributed by atoms with Gasteiger partial charge in [0.2, 0.25) is 0 Å². The predicted octanol–water partition coefficient (Wildman–Crippen LogP) is 3.76. The SMILES string of the molecule is CCc1ncn(C)c1NC(=O)c1cc(C)n(Cc2cccs2)c1C. The number of amides is 1. The summed E-state index contributed by atoms with van der Waals surface area (Å²) in [5.41, 5.74) is 3.69. The van der Waals surface area contributed by atoms with Gasteiger partial charge in [-0.3, -0.25) is 4.79 Å². The number of hydrogen-bond donors (Lipinski definition) is 1. The van der Waals surface area contributed by atoms with Crippen molar-refractivity contribution in [2.75, 3.05) is 5.32 Å². The van der Waals surface area contributed by atoms with E-state index in [1.807, 2.05) is 38.5 Å². The van der Waals surface area contributed by atoms with Gasteiger partial charge in [-0.15, -0.1) is 11.3 Å². The molecule has 126 valence electrons. The predicted molar refractivity (Wildman–Crippen MR) is 97.9 cm³/mol. The van der Waals surface area contributed by atoms with Gasteiger partial charge < -0.3 is 14.5 Å². The molecule has 0 fully saturated rings. The Morgan fingerprint density at radius 2 is 2.17 bits per heavy atom. The topological polar surface area (TPSA) is 51.9 Å². The van der Waals surface area contributed by atoms with Gasteiger partial charge in [-0.2, -0.15) is 0 Å². The molecule has 0 atom stereocenters. The average molecular weight is 342 g/mol.